The SMILES string of the molecule is CC(C)CC(C)NC(=O)c1ccc2ccccc2n1. The number of amides is 1. The highest BCUT2D eigenvalue weighted by molar-refractivity contribution is 5.94. The lowest BCUT2D eigenvalue weighted by Gasteiger charge is -2.15. The zero-order chi connectivity index (χ0) is 13.8. The average molecular weight is 256 g/mol. The van der Waals surface area contributed by atoms with E-state index >= 15 is 0 Å². The van der Waals surface area contributed by atoms with Crippen molar-refractivity contribution in [1.29, 1.82) is 0 Å². The van der Waals surface area contributed by atoms with Crippen LogP contribution in [0.1, 0.15) is 37.7 Å². The molecule has 1 heterocycles. The van der Waals surface area contributed by atoms with Gasteiger partial charge < -0.3 is 5.32 Å². The summed E-state index contributed by atoms with van der Waals surface area (Å²) in [6, 6.07) is 11.7. The fourth-order valence-electron chi connectivity index (χ4n) is 2.26. The Hall–Kier alpha value is -1.90. The molecular formula is C16H20N2O. The van der Waals surface area contributed by atoms with Gasteiger partial charge in [0, 0.05) is 11.4 Å². The van der Waals surface area contributed by atoms with Crippen LogP contribution in [0.3, 0.4) is 0 Å². The molecule has 0 aliphatic rings. The third-order valence-electron chi connectivity index (χ3n) is 3.03. The Balaban J connectivity index is 2.13. The fraction of sp³-hybridized carbons (Fsp3) is 0.375. The van der Waals surface area contributed by atoms with Gasteiger partial charge in [0.15, 0.2) is 0 Å². The number of carbonyl (C=O) groups excluding carboxylic acids is 1. The van der Waals surface area contributed by atoms with Crippen LogP contribution in [0.15, 0.2) is 36.4 Å². The van der Waals surface area contributed by atoms with Crippen molar-refractivity contribution < 1.29 is 4.79 Å². The summed E-state index contributed by atoms with van der Waals surface area (Å²) in [5, 5.41) is 4.04. The minimum absolute atomic E-state index is 0.0982. The Morgan fingerprint density at radius 1 is 1.16 bits per heavy atom. The van der Waals surface area contributed by atoms with Crippen molar-refractivity contribution in [3.05, 3.63) is 42.1 Å². The van der Waals surface area contributed by atoms with Gasteiger partial charge in [0.05, 0.1) is 5.52 Å². The highest BCUT2D eigenvalue weighted by atomic mass is 16.1. The van der Waals surface area contributed by atoms with Gasteiger partial charge in [-0.15, -0.1) is 0 Å². The lowest BCUT2D eigenvalue weighted by atomic mass is 10.1. The summed E-state index contributed by atoms with van der Waals surface area (Å²) in [5.41, 5.74) is 1.33. The van der Waals surface area contributed by atoms with Crippen molar-refractivity contribution >= 4 is 16.8 Å². The number of rotatable bonds is 4. The largest absolute Gasteiger partial charge is 0.348 e. The van der Waals surface area contributed by atoms with Crippen molar-refractivity contribution in [2.45, 2.75) is 33.2 Å². The number of nitrogens with zero attached hydrogens (tertiary/aromatic N) is 1. The number of para-hydroxylation sites is 1. The first kappa shape index (κ1) is 13.5. The third kappa shape index (κ3) is 3.53. The molecule has 0 spiro atoms. The van der Waals surface area contributed by atoms with Gasteiger partial charge in [-0.25, -0.2) is 4.98 Å². The lowest BCUT2D eigenvalue weighted by Crippen LogP contribution is -2.33. The number of benzene rings is 1. The normalized spacial score (nSPS) is 12.6. The Kier molecular flexibility index (Phi) is 4.15. The van der Waals surface area contributed by atoms with E-state index < -0.39 is 0 Å². The minimum Gasteiger partial charge on any atom is -0.348 e. The summed E-state index contributed by atoms with van der Waals surface area (Å²) < 4.78 is 0. The second-order valence-corrected chi connectivity index (χ2v) is 5.39. The number of pyridine rings is 1. The van der Waals surface area contributed by atoms with Gasteiger partial charge in [0.25, 0.3) is 5.91 Å². The van der Waals surface area contributed by atoms with E-state index in [1.165, 1.54) is 0 Å². The predicted molar refractivity (Wildman–Crippen MR) is 78.1 cm³/mol. The number of nitrogens with one attached hydrogen (secondary N) is 1. The van der Waals surface area contributed by atoms with Crippen molar-refractivity contribution in [2.24, 2.45) is 5.92 Å². The van der Waals surface area contributed by atoms with E-state index in [1.807, 2.05) is 37.3 Å². The molecule has 0 fully saturated rings. The molecule has 2 rings (SSSR count). The van der Waals surface area contributed by atoms with Gasteiger partial charge in [-0.2, -0.15) is 0 Å². The number of hydrogen-bond acceptors (Lipinski definition) is 2. The van der Waals surface area contributed by atoms with E-state index in [0.29, 0.717) is 11.6 Å². The van der Waals surface area contributed by atoms with Crippen molar-refractivity contribution in [1.82, 2.24) is 10.3 Å². The molecule has 0 bridgehead atoms. The molecule has 0 saturated carbocycles. The third-order valence-corrected chi connectivity index (χ3v) is 3.03. The first-order valence-electron chi connectivity index (χ1n) is 6.73. The Morgan fingerprint density at radius 3 is 2.63 bits per heavy atom. The van der Waals surface area contributed by atoms with Crippen LogP contribution in [0, 0.1) is 5.92 Å². The van der Waals surface area contributed by atoms with E-state index in [4.69, 9.17) is 0 Å². The van der Waals surface area contributed by atoms with Crippen LogP contribution in [-0.2, 0) is 0 Å². The topological polar surface area (TPSA) is 42.0 Å². The van der Waals surface area contributed by atoms with Gasteiger partial charge >= 0.3 is 0 Å². The van der Waals surface area contributed by atoms with Crippen molar-refractivity contribution in [2.75, 3.05) is 0 Å². The fourth-order valence-corrected chi connectivity index (χ4v) is 2.26. The van der Waals surface area contributed by atoms with E-state index in [1.54, 1.807) is 6.07 Å². The monoisotopic (exact) mass is 256 g/mol. The summed E-state index contributed by atoms with van der Waals surface area (Å²) in [5.74, 6) is 0.471. The van der Waals surface area contributed by atoms with Crippen LogP contribution < -0.4 is 5.32 Å². The Morgan fingerprint density at radius 2 is 1.89 bits per heavy atom. The standard InChI is InChI=1S/C16H20N2O/c1-11(2)10-12(3)17-16(19)15-9-8-13-6-4-5-7-14(13)18-15/h4-9,11-12H,10H2,1-3H3,(H,17,19). The molecule has 1 amide bonds. The van der Waals surface area contributed by atoms with Crippen LogP contribution in [0.5, 0.6) is 0 Å². The average Bonchev–Trinajstić information content (AvgIpc) is 2.37. The molecule has 1 N–H and O–H groups in total. The second-order valence-electron chi connectivity index (χ2n) is 5.39. The molecule has 0 saturated heterocycles. The van der Waals surface area contributed by atoms with Gasteiger partial charge in [-0.05, 0) is 31.4 Å². The van der Waals surface area contributed by atoms with Crippen molar-refractivity contribution in [3.8, 4) is 0 Å². The molecule has 19 heavy (non-hydrogen) atoms. The Bertz CT molecular complexity index is 578. The molecule has 1 atom stereocenters. The smallest absolute Gasteiger partial charge is 0.270 e. The first-order valence-corrected chi connectivity index (χ1v) is 6.73. The predicted octanol–water partition coefficient (Wildman–Crippen LogP) is 3.40. The number of aromatic nitrogens is 1. The maximum atomic E-state index is 12.1. The number of hydrogen-bond donors (Lipinski definition) is 1. The lowest BCUT2D eigenvalue weighted by molar-refractivity contribution is 0.0931. The van der Waals surface area contributed by atoms with Gasteiger partial charge in [-0.1, -0.05) is 38.1 Å². The molecule has 2 aromatic rings. The summed E-state index contributed by atoms with van der Waals surface area (Å²) >= 11 is 0. The molecule has 0 aliphatic heterocycles. The highest BCUT2D eigenvalue weighted by Gasteiger charge is 2.12. The van der Waals surface area contributed by atoms with Gasteiger partial charge in [0.2, 0.25) is 0 Å². The van der Waals surface area contributed by atoms with Crippen LogP contribution in [0.2, 0.25) is 0 Å². The molecule has 0 aliphatic carbocycles. The minimum atomic E-state index is -0.0982. The number of fused-ring (bicyclic) bond motifs is 1. The summed E-state index contributed by atoms with van der Waals surface area (Å²) in [6.07, 6.45) is 0.972. The van der Waals surface area contributed by atoms with Gasteiger partial charge in [-0.3, -0.25) is 4.79 Å². The van der Waals surface area contributed by atoms with Gasteiger partial charge in [0.1, 0.15) is 5.69 Å². The van der Waals surface area contributed by atoms with E-state index in [0.717, 1.165) is 17.3 Å². The molecule has 0 radical (unpaired) electrons. The molecule has 3 heteroatoms. The maximum absolute atomic E-state index is 12.1. The summed E-state index contributed by atoms with van der Waals surface area (Å²) in [7, 11) is 0. The summed E-state index contributed by atoms with van der Waals surface area (Å²) in [4.78, 5) is 16.5. The van der Waals surface area contributed by atoms with Crippen LogP contribution in [0.25, 0.3) is 10.9 Å². The van der Waals surface area contributed by atoms with Crippen molar-refractivity contribution in [3.63, 3.8) is 0 Å². The maximum Gasteiger partial charge on any atom is 0.270 e. The molecule has 100 valence electrons. The second kappa shape index (κ2) is 5.83. The van der Waals surface area contributed by atoms with Crippen LogP contribution in [-0.4, -0.2) is 16.9 Å². The molecule has 1 aromatic heterocycles. The van der Waals surface area contributed by atoms with Crippen LogP contribution >= 0.6 is 0 Å². The van der Waals surface area contributed by atoms with E-state index in [-0.39, 0.29) is 11.9 Å². The van der Waals surface area contributed by atoms with Crippen LogP contribution in [0.4, 0.5) is 0 Å². The zero-order valence-corrected chi connectivity index (χ0v) is 11.7. The number of carbonyl (C=O) groups is 1. The quantitative estimate of drug-likeness (QED) is 0.911. The van der Waals surface area contributed by atoms with E-state index in [2.05, 4.69) is 24.1 Å². The highest BCUT2D eigenvalue weighted by Crippen LogP contribution is 2.12. The zero-order valence-electron chi connectivity index (χ0n) is 11.7. The molecule has 1 unspecified atom stereocenters. The molecular weight excluding hydrogens is 236 g/mol. The first-order chi connectivity index (χ1) is 9.06. The van der Waals surface area contributed by atoms with E-state index in [9.17, 15) is 4.79 Å². The Labute approximate surface area is 114 Å². The molecule has 3 nitrogen and oxygen atoms in total. The molecule has 1 aromatic carbocycles. The summed E-state index contributed by atoms with van der Waals surface area (Å²) in [6.45, 7) is 6.33.